The van der Waals surface area contributed by atoms with Crippen molar-refractivity contribution in [2.24, 2.45) is 0 Å². The lowest BCUT2D eigenvalue weighted by Gasteiger charge is -2.13. The minimum atomic E-state index is -0.293. The number of fused-ring (bicyclic) bond motifs is 1. The lowest BCUT2D eigenvalue weighted by atomic mass is 10.1. The van der Waals surface area contributed by atoms with Crippen LogP contribution in [0.3, 0.4) is 0 Å². The topological polar surface area (TPSA) is 63.1 Å². The molecule has 0 aliphatic carbocycles. The summed E-state index contributed by atoms with van der Waals surface area (Å²) in [7, 11) is 0. The molecule has 3 aromatic rings. The number of carbonyl (C=O) groups excluding carboxylic acids is 2. The van der Waals surface area contributed by atoms with Crippen molar-refractivity contribution < 1.29 is 9.59 Å². The van der Waals surface area contributed by atoms with Crippen LogP contribution < -0.4 is 10.9 Å². The van der Waals surface area contributed by atoms with Crippen LogP contribution in [-0.4, -0.2) is 22.1 Å². The van der Waals surface area contributed by atoms with E-state index in [-0.39, 0.29) is 11.8 Å². The normalized spacial score (nSPS) is 13.3. The van der Waals surface area contributed by atoms with Gasteiger partial charge in [-0.15, -0.1) is 22.7 Å². The lowest BCUT2D eigenvalue weighted by molar-refractivity contribution is 0.0848. The predicted octanol–water partition coefficient (Wildman–Crippen LogP) is 3.77. The third-order valence-electron chi connectivity index (χ3n) is 4.12. The van der Waals surface area contributed by atoms with E-state index < -0.39 is 0 Å². The average molecular weight is 404 g/mol. The van der Waals surface area contributed by atoms with Crippen molar-refractivity contribution in [3.63, 3.8) is 0 Å². The van der Waals surface area contributed by atoms with Crippen LogP contribution in [0.5, 0.6) is 0 Å². The standard InChI is InChI=1S/C18H17N3O2S3/c1-11-4-5-13(25-11)16(22)19-20-17(23)15-12-6-9-24-10-14(12)26-18(15)21-7-2-3-8-21/h2-5,7-8H,6,9-10H2,1H3,(H,19,22)(H,20,23). The molecule has 8 heteroatoms. The number of amides is 2. The van der Waals surface area contributed by atoms with Gasteiger partial charge in [-0.05, 0) is 48.9 Å². The van der Waals surface area contributed by atoms with Gasteiger partial charge in [0, 0.05) is 27.9 Å². The molecule has 0 aromatic carbocycles. The molecule has 0 unspecified atom stereocenters. The third kappa shape index (κ3) is 3.32. The maximum absolute atomic E-state index is 12.9. The van der Waals surface area contributed by atoms with Crippen LogP contribution in [0.4, 0.5) is 0 Å². The van der Waals surface area contributed by atoms with Gasteiger partial charge in [0.2, 0.25) is 0 Å². The summed E-state index contributed by atoms with van der Waals surface area (Å²) in [6.45, 7) is 1.94. The highest BCUT2D eigenvalue weighted by Gasteiger charge is 2.26. The number of nitrogens with zero attached hydrogens (tertiary/aromatic N) is 1. The second-order valence-corrected chi connectivity index (χ2v) is 9.37. The average Bonchev–Trinajstić information content (AvgIpc) is 3.37. The smallest absolute Gasteiger partial charge is 0.279 e. The number of thiophene rings is 2. The van der Waals surface area contributed by atoms with Crippen molar-refractivity contribution in [1.82, 2.24) is 15.4 Å². The van der Waals surface area contributed by atoms with Crippen molar-refractivity contribution >= 4 is 46.2 Å². The van der Waals surface area contributed by atoms with E-state index in [0.717, 1.165) is 33.4 Å². The van der Waals surface area contributed by atoms with Gasteiger partial charge in [0.05, 0.1) is 10.4 Å². The molecular weight excluding hydrogens is 386 g/mol. The molecule has 2 N–H and O–H groups in total. The molecule has 26 heavy (non-hydrogen) atoms. The summed E-state index contributed by atoms with van der Waals surface area (Å²) in [5.74, 6) is 1.39. The number of carbonyl (C=O) groups is 2. The number of nitrogens with one attached hydrogen (secondary N) is 2. The minimum Gasteiger partial charge on any atom is -0.315 e. The lowest BCUT2D eigenvalue weighted by Crippen LogP contribution is -2.41. The molecule has 4 rings (SSSR count). The maximum Gasteiger partial charge on any atom is 0.279 e. The molecule has 1 aliphatic rings. The number of hydrogen-bond acceptors (Lipinski definition) is 5. The van der Waals surface area contributed by atoms with Crippen molar-refractivity contribution in [2.75, 3.05) is 5.75 Å². The largest absolute Gasteiger partial charge is 0.315 e. The first-order valence-corrected chi connectivity index (χ1v) is 10.9. The SMILES string of the molecule is Cc1ccc(C(=O)NNC(=O)c2c(-n3cccc3)sc3c2CCSC3)s1. The zero-order valence-corrected chi connectivity index (χ0v) is 16.5. The van der Waals surface area contributed by atoms with Crippen LogP contribution in [-0.2, 0) is 12.2 Å². The molecule has 2 amide bonds. The van der Waals surface area contributed by atoms with Gasteiger partial charge in [-0.2, -0.15) is 11.8 Å². The van der Waals surface area contributed by atoms with Gasteiger partial charge in [-0.1, -0.05) is 0 Å². The van der Waals surface area contributed by atoms with Gasteiger partial charge in [0.1, 0.15) is 5.00 Å². The molecule has 0 saturated heterocycles. The first kappa shape index (κ1) is 17.4. The molecule has 134 valence electrons. The van der Waals surface area contributed by atoms with Crippen LogP contribution in [0.1, 0.15) is 35.3 Å². The van der Waals surface area contributed by atoms with E-state index in [4.69, 9.17) is 0 Å². The highest BCUT2D eigenvalue weighted by Crippen LogP contribution is 2.38. The number of hydrogen-bond donors (Lipinski definition) is 2. The van der Waals surface area contributed by atoms with Crippen molar-refractivity contribution in [1.29, 1.82) is 0 Å². The van der Waals surface area contributed by atoms with E-state index in [1.165, 1.54) is 16.2 Å². The third-order valence-corrected chi connectivity index (χ3v) is 7.53. The van der Waals surface area contributed by atoms with E-state index in [2.05, 4.69) is 10.9 Å². The fourth-order valence-corrected chi connectivity index (χ4v) is 6.10. The Hall–Kier alpha value is -2.03. The first-order chi connectivity index (χ1) is 12.6. The number of thioether (sulfide) groups is 1. The number of aromatic nitrogens is 1. The van der Waals surface area contributed by atoms with Crippen molar-refractivity contribution in [3.8, 4) is 5.00 Å². The zero-order chi connectivity index (χ0) is 18.1. The second-order valence-electron chi connectivity index (χ2n) is 5.90. The first-order valence-electron chi connectivity index (χ1n) is 8.16. The van der Waals surface area contributed by atoms with Crippen LogP contribution in [0.15, 0.2) is 36.7 Å². The molecule has 0 saturated carbocycles. The van der Waals surface area contributed by atoms with Crippen molar-refractivity contribution in [2.45, 2.75) is 19.1 Å². The quantitative estimate of drug-likeness (QED) is 0.655. The molecule has 4 heterocycles. The Bertz CT molecular complexity index is 957. The molecule has 1 aliphatic heterocycles. The Balaban J connectivity index is 1.59. The summed E-state index contributed by atoms with van der Waals surface area (Å²) in [6, 6.07) is 7.53. The maximum atomic E-state index is 12.9. The Kier molecular flexibility index (Phi) is 4.88. The zero-order valence-electron chi connectivity index (χ0n) is 14.1. The van der Waals surface area contributed by atoms with Gasteiger partial charge in [-0.3, -0.25) is 20.4 Å². The van der Waals surface area contributed by atoms with Crippen LogP contribution >= 0.6 is 34.4 Å². The van der Waals surface area contributed by atoms with E-state index in [1.54, 1.807) is 17.4 Å². The number of rotatable bonds is 3. The van der Waals surface area contributed by atoms with Gasteiger partial charge < -0.3 is 4.57 Å². The summed E-state index contributed by atoms with van der Waals surface area (Å²) in [6.07, 6.45) is 4.75. The number of hydrazine groups is 1. The van der Waals surface area contributed by atoms with Crippen LogP contribution in [0.25, 0.3) is 5.00 Å². The van der Waals surface area contributed by atoms with Crippen LogP contribution in [0, 0.1) is 6.92 Å². The van der Waals surface area contributed by atoms with Gasteiger partial charge in [-0.25, -0.2) is 0 Å². The molecule has 5 nitrogen and oxygen atoms in total. The Labute approximate surface area is 163 Å². The second kappa shape index (κ2) is 7.30. The van der Waals surface area contributed by atoms with Gasteiger partial charge in [0.25, 0.3) is 11.8 Å². The minimum absolute atomic E-state index is 0.264. The Morgan fingerprint density at radius 3 is 2.58 bits per heavy atom. The van der Waals surface area contributed by atoms with Gasteiger partial charge in [0.15, 0.2) is 0 Å². The van der Waals surface area contributed by atoms with E-state index >= 15 is 0 Å². The Morgan fingerprint density at radius 2 is 1.85 bits per heavy atom. The molecular formula is C18H17N3O2S3. The van der Waals surface area contributed by atoms with Gasteiger partial charge >= 0.3 is 0 Å². The fraction of sp³-hybridized carbons (Fsp3) is 0.222. The molecule has 0 bridgehead atoms. The van der Waals surface area contributed by atoms with E-state index in [0.29, 0.717) is 10.4 Å². The highest BCUT2D eigenvalue weighted by molar-refractivity contribution is 7.98. The van der Waals surface area contributed by atoms with E-state index in [9.17, 15) is 9.59 Å². The molecule has 0 fully saturated rings. The molecule has 3 aromatic heterocycles. The molecule has 0 spiro atoms. The number of aryl methyl sites for hydroxylation is 1. The fourth-order valence-electron chi connectivity index (χ4n) is 2.90. The van der Waals surface area contributed by atoms with E-state index in [1.807, 2.05) is 53.8 Å². The summed E-state index contributed by atoms with van der Waals surface area (Å²) in [4.78, 5) is 28.0. The summed E-state index contributed by atoms with van der Waals surface area (Å²) < 4.78 is 1.97. The predicted molar refractivity (Wildman–Crippen MR) is 108 cm³/mol. The summed E-state index contributed by atoms with van der Waals surface area (Å²) in [5.41, 5.74) is 6.92. The molecule has 0 atom stereocenters. The monoisotopic (exact) mass is 403 g/mol. The summed E-state index contributed by atoms with van der Waals surface area (Å²) in [5, 5.41) is 0.904. The Morgan fingerprint density at radius 1 is 1.08 bits per heavy atom. The summed E-state index contributed by atoms with van der Waals surface area (Å²) >= 11 is 4.94. The highest BCUT2D eigenvalue weighted by atomic mass is 32.2. The van der Waals surface area contributed by atoms with Crippen molar-refractivity contribution in [3.05, 3.63) is 62.4 Å². The molecule has 0 radical (unpaired) electrons. The van der Waals surface area contributed by atoms with Crippen LogP contribution in [0.2, 0.25) is 0 Å².